The lowest BCUT2D eigenvalue weighted by Crippen LogP contribution is -2.42. The van der Waals surface area contributed by atoms with Crippen molar-refractivity contribution in [1.82, 2.24) is 0 Å². The summed E-state index contributed by atoms with van der Waals surface area (Å²) in [5, 5.41) is 0. The first-order valence-electron chi connectivity index (χ1n) is 10.4. The van der Waals surface area contributed by atoms with Gasteiger partial charge < -0.3 is 4.43 Å². The molecule has 140 valence electrons. The summed E-state index contributed by atoms with van der Waals surface area (Å²) in [5.41, 5.74) is 1.40. The minimum Gasteiger partial charge on any atom is -0.415 e. The SMILES string of the molecule is CCCCCCCCC(CCCCC)O[Si](C)(C)C[Si](C)(C)C. The molecule has 0 aliphatic heterocycles. The molecule has 0 aromatic heterocycles. The molecule has 3 heteroatoms. The van der Waals surface area contributed by atoms with Gasteiger partial charge in [-0.2, -0.15) is 0 Å². The van der Waals surface area contributed by atoms with Crippen molar-refractivity contribution in [2.45, 2.75) is 129 Å². The highest BCUT2D eigenvalue weighted by Gasteiger charge is 2.32. The van der Waals surface area contributed by atoms with Gasteiger partial charge in [0, 0.05) is 14.2 Å². The third-order valence-corrected chi connectivity index (χ3v) is 13.1. The van der Waals surface area contributed by atoms with Crippen LogP contribution in [0.2, 0.25) is 38.4 Å². The maximum atomic E-state index is 6.76. The van der Waals surface area contributed by atoms with Crippen LogP contribution in [0.4, 0.5) is 0 Å². The highest BCUT2D eigenvalue weighted by atomic mass is 28.4. The Bertz CT molecular complexity index is 271. The molecular weight excluding hydrogens is 312 g/mol. The molecule has 0 amide bonds. The van der Waals surface area contributed by atoms with Crippen molar-refractivity contribution in [3.05, 3.63) is 0 Å². The van der Waals surface area contributed by atoms with E-state index in [4.69, 9.17) is 4.43 Å². The van der Waals surface area contributed by atoms with Crippen LogP contribution in [0, 0.1) is 0 Å². The van der Waals surface area contributed by atoms with E-state index in [2.05, 4.69) is 46.6 Å². The average Bonchev–Trinajstić information content (AvgIpc) is 2.39. The van der Waals surface area contributed by atoms with E-state index in [0.29, 0.717) is 6.10 Å². The Kier molecular flexibility index (Phi) is 12.9. The fourth-order valence-corrected chi connectivity index (χ4v) is 15.5. The second-order valence-corrected chi connectivity index (χ2v) is 19.6. The molecule has 0 rings (SSSR count). The van der Waals surface area contributed by atoms with Gasteiger partial charge in [0.1, 0.15) is 0 Å². The van der Waals surface area contributed by atoms with Crippen molar-refractivity contribution >= 4 is 16.4 Å². The van der Waals surface area contributed by atoms with E-state index in [-0.39, 0.29) is 0 Å². The summed E-state index contributed by atoms with van der Waals surface area (Å²) in [4.78, 5) is 0. The lowest BCUT2D eigenvalue weighted by molar-refractivity contribution is 0.164. The van der Waals surface area contributed by atoms with Crippen molar-refractivity contribution in [3.8, 4) is 0 Å². The van der Waals surface area contributed by atoms with Gasteiger partial charge >= 0.3 is 0 Å². The number of rotatable bonds is 15. The second kappa shape index (κ2) is 12.7. The van der Waals surface area contributed by atoms with E-state index in [9.17, 15) is 0 Å². The molecule has 0 aliphatic carbocycles. The maximum absolute atomic E-state index is 6.76. The Morgan fingerprint density at radius 2 is 1.09 bits per heavy atom. The topological polar surface area (TPSA) is 9.23 Å². The van der Waals surface area contributed by atoms with Gasteiger partial charge in [-0.05, 0) is 31.6 Å². The minimum atomic E-state index is -1.48. The highest BCUT2D eigenvalue weighted by molar-refractivity contribution is 6.92. The summed E-state index contributed by atoms with van der Waals surface area (Å²) in [7, 11) is -2.50. The summed E-state index contributed by atoms with van der Waals surface area (Å²) in [6.07, 6.45) is 15.6. The third-order valence-electron chi connectivity index (χ3n) is 4.45. The zero-order valence-corrected chi connectivity index (χ0v) is 19.5. The molecule has 0 saturated heterocycles. The van der Waals surface area contributed by atoms with Gasteiger partial charge in [-0.25, -0.2) is 0 Å². The molecule has 1 unspecified atom stereocenters. The molecule has 0 spiro atoms. The second-order valence-electron chi connectivity index (χ2n) is 9.29. The van der Waals surface area contributed by atoms with E-state index in [1.54, 1.807) is 0 Å². The van der Waals surface area contributed by atoms with Crippen LogP contribution in [0.3, 0.4) is 0 Å². The Balaban J connectivity index is 4.26. The third kappa shape index (κ3) is 15.7. The van der Waals surface area contributed by atoms with Crippen molar-refractivity contribution < 1.29 is 4.43 Å². The van der Waals surface area contributed by atoms with E-state index in [0.717, 1.165) is 0 Å². The first-order valence-corrected chi connectivity index (χ1v) is 17.2. The quantitative estimate of drug-likeness (QED) is 0.214. The molecule has 0 aliphatic rings. The van der Waals surface area contributed by atoms with Crippen LogP contribution in [0.1, 0.15) is 84.5 Å². The smallest absolute Gasteiger partial charge is 0.184 e. The predicted molar refractivity (Wildman–Crippen MR) is 113 cm³/mol. The molecule has 1 nitrogen and oxygen atoms in total. The molecule has 0 N–H and O–H groups in total. The van der Waals surface area contributed by atoms with Crippen LogP contribution >= 0.6 is 0 Å². The van der Waals surface area contributed by atoms with Gasteiger partial charge in [0.05, 0.1) is 0 Å². The van der Waals surface area contributed by atoms with Gasteiger partial charge in [0.15, 0.2) is 8.32 Å². The first-order chi connectivity index (χ1) is 10.7. The lowest BCUT2D eigenvalue weighted by Gasteiger charge is -2.33. The molecule has 0 bridgehead atoms. The maximum Gasteiger partial charge on any atom is 0.184 e. The van der Waals surface area contributed by atoms with Crippen LogP contribution in [-0.4, -0.2) is 22.5 Å². The van der Waals surface area contributed by atoms with Crippen LogP contribution in [0.15, 0.2) is 0 Å². The summed E-state index contributed by atoms with van der Waals surface area (Å²) >= 11 is 0. The van der Waals surface area contributed by atoms with Crippen molar-refractivity contribution in [2.24, 2.45) is 0 Å². The minimum absolute atomic E-state index is 0.547. The molecule has 0 aromatic carbocycles. The largest absolute Gasteiger partial charge is 0.415 e. The Morgan fingerprint density at radius 1 is 0.652 bits per heavy atom. The van der Waals surface area contributed by atoms with Crippen molar-refractivity contribution in [1.29, 1.82) is 0 Å². The fraction of sp³-hybridized carbons (Fsp3) is 1.00. The van der Waals surface area contributed by atoms with Gasteiger partial charge in [0.25, 0.3) is 0 Å². The molecular formula is C20H46OSi2. The summed E-state index contributed by atoms with van der Waals surface area (Å²) in [6, 6.07) is 0. The van der Waals surface area contributed by atoms with Crippen LogP contribution in [-0.2, 0) is 4.43 Å². The number of unbranched alkanes of at least 4 members (excludes halogenated alkanes) is 7. The van der Waals surface area contributed by atoms with E-state index in [1.807, 2.05) is 0 Å². The predicted octanol–water partition coefficient (Wildman–Crippen LogP) is 7.79. The molecule has 0 heterocycles. The number of hydrogen-bond acceptors (Lipinski definition) is 1. The highest BCUT2D eigenvalue weighted by Crippen LogP contribution is 2.25. The molecule has 1 atom stereocenters. The zero-order chi connectivity index (χ0) is 17.8. The Morgan fingerprint density at radius 3 is 1.61 bits per heavy atom. The Hall–Kier alpha value is 0.394. The fourth-order valence-electron chi connectivity index (χ4n) is 3.81. The zero-order valence-electron chi connectivity index (χ0n) is 17.5. The van der Waals surface area contributed by atoms with Crippen molar-refractivity contribution in [2.75, 3.05) is 0 Å². The Labute approximate surface area is 150 Å². The van der Waals surface area contributed by atoms with Gasteiger partial charge in [-0.1, -0.05) is 91.3 Å². The van der Waals surface area contributed by atoms with Gasteiger partial charge in [-0.15, -0.1) is 0 Å². The standard InChI is InChI=1S/C20H46OSi2/c1-8-10-12-13-14-16-18-20(17-15-11-9-2)21-23(6,7)19-22(3,4)5/h20H,8-19H2,1-7H3. The average molecular weight is 359 g/mol. The molecule has 0 radical (unpaired) electrons. The summed E-state index contributed by atoms with van der Waals surface area (Å²) in [5.74, 6) is 0. The lowest BCUT2D eigenvalue weighted by atomic mass is 10.0. The molecule has 23 heavy (non-hydrogen) atoms. The normalized spacial score (nSPS) is 14.2. The van der Waals surface area contributed by atoms with Gasteiger partial charge in [0.2, 0.25) is 0 Å². The van der Waals surface area contributed by atoms with E-state index in [1.165, 1.54) is 76.3 Å². The van der Waals surface area contributed by atoms with Crippen LogP contribution in [0.5, 0.6) is 0 Å². The summed E-state index contributed by atoms with van der Waals surface area (Å²) < 4.78 is 6.76. The summed E-state index contributed by atoms with van der Waals surface area (Å²) in [6.45, 7) is 17.0. The van der Waals surface area contributed by atoms with Crippen molar-refractivity contribution in [3.63, 3.8) is 0 Å². The van der Waals surface area contributed by atoms with Gasteiger partial charge in [-0.3, -0.25) is 0 Å². The molecule has 0 aromatic rings. The molecule has 0 fully saturated rings. The van der Waals surface area contributed by atoms with E-state index < -0.39 is 16.4 Å². The van der Waals surface area contributed by atoms with Crippen LogP contribution < -0.4 is 0 Å². The monoisotopic (exact) mass is 358 g/mol. The molecule has 0 saturated carbocycles. The van der Waals surface area contributed by atoms with E-state index >= 15 is 0 Å². The number of hydrogen-bond donors (Lipinski definition) is 0. The first kappa shape index (κ1) is 23.4. The van der Waals surface area contributed by atoms with Crippen LogP contribution in [0.25, 0.3) is 0 Å².